The molecule has 0 spiro atoms. The number of nitrogens with zero attached hydrogens (tertiary/aromatic N) is 1. The summed E-state index contributed by atoms with van der Waals surface area (Å²) in [6, 6.07) is 17.3. The fraction of sp³-hybridized carbons (Fsp3) is 0.0833. The molecule has 0 saturated carbocycles. The Kier molecular flexibility index (Phi) is 5.70. The normalized spacial score (nSPS) is 15.1. The van der Waals surface area contributed by atoms with Gasteiger partial charge in [-0.3, -0.25) is 19.8 Å². The number of hydrogen-bond donors (Lipinski definition) is 1. The molecule has 0 bridgehead atoms. The van der Waals surface area contributed by atoms with Crippen LogP contribution in [0.15, 0.2) is 70.7 Å². The van der Waals surface area contributed by atoms with Crippen molar-refractivity contribution in [3.63, 3.8) is 0 Å². The van der Waals surface area contributed by atoms with Gasteiger partial charge in [0.15, 0.2) is 5.11 Å². The Hall–Kier alpha value is -4.04. The molecule has 160 valence electrons. The molecule has 2 heterocycles. The number of amides is 2. The van der Waals surface area contributed by atoms with Gasteiger partial charge in [0.05, 0.1) is 18.4 Å². The maximum absolute atomic E-state index is 13.2. The Balaban J connectivity index is 1.71. The summed E-state index contributed by atoms with van der Waals surface area (Å²) in [5, 5.41) is 2.57. The minimum Gasteiger partial charge on any atom is -0.465 e. The monoisotopic (exact) mass is 446 g/mol. The summed E-state index contributed by atoms with van der Waals surface area (Å²) < 4.78 is 10.6. The summed E-state index contributed by atoms with van der Waals surface area (Å²) in [5.74, 6) is -0.997. The van der Waals surface area contributed by atoms with Crippen molar-refractivity contribution in [2.24, 2.45) is 0 Å². The van der Waals surface area contributed by atoms with E-state index in [0.717, 1.165) is 5.56 Å². The molecule has 0 radical (unpaired) electrons. The van der Waals surface area contributed by atoms with Crippen LogP contribution in [0.2, 0.25) is 0 Å². The number of furan rings is 1. The van der Waals surface area contributed by atoms with E-state index in [0.29, 0.717) is 22.6 Å². The zero-order valence-corrected chi connectivity index (χ0v) is 18.1. The van der Waals surface area contributed by atoms with Crippen molar-refractivity contribution in [3.05, 3.63) is 83.1 Å². The van der Waals surface area contributed by atoms with Crippen LogP contribution in [-0.4, -0.2) is 30.0 Å². The van der Waals surface area contributed by atoms with Crippen molar-refractivity contribution in [2.75, 3.05) is 12.0 Å². The van der Waals surface area contributed by atoms with Gasteiger partial charge in [-0.25, -0.2) is 4.79 Å². The van der Waals surface area contributed by atoms with E-state index in [-0.39, 0.29) is 16.4 Å². The summed E-state index contributed by atoms with van der Waals surface area (Å²) in [6.45, 7) is 1.85. The lowest BCUT2D eigenvalue weighted by molar-refractivity contribution is -0.122. The minimum atomic E-state index is -0.613. The highest BCUT2D eigenvalue weighted by atomic mass is 32.1. The van der Waals surface area contributed by atoms with E-state index >= 15 is 0 Å². The number of esters is 1. The molecule has 1 aliphatic rings. The number of carbonyl (C=O) groups is 3. The Bertz CT molecular complexity index is 1290. The molecule has 1 aliphatic heterocycles. The van der Waals surface area contributed by atoms with E-state index in [1.165, 1.54) is 18.1 Å². The lowest BCUT2D eigenvalue weighted by atomic mass is 10.1. The number of aryl methyl sites for hydroxylation is 1. The molecule has 8 heteroatoms. The lowest BCUT2D eigenvalue weighted by Crippen LogP contribution is -2.54. The number of rotatable bonds is 4. The van der Waals surface area contributed by atoms with Crippen LogP contribution < -0.4 is 10.2 Å². The van der Waals surface area contributed by atoms with Crippen LogP contribution in [0.5, 0.6) is 0 Å². The molecule has 1 N–H and O–H groups in total. The average molecular weight is 446 g/mol. The summed E-state index contributed by atoms with van der Waals surface area (Å²) in [4.78, 5) is 39.0. The van der Waals surface area contributed by atoms with Crippen molar-refractivity contribution in [2.45, 2.75) is 6.92 Å². The number of thiocarbonyl (C=S) groups is 1. The molecular weight excluding hydrogens is 428 g/mol. The number of ether oxygens (including phenoxy) is 1. The third-order valence-electron chi connectivity index (χ3n) is 4.97. The smallest absolute Gasteiger partial charge is 0.338 e. The van der Waals surface area contributed by atoms with Gasteiger partial charge in [-0.1, -0.05) is 36.4 Å². The highest BCUT2D eigenvalue weighted by Gasteiger charge is 2.35. The van der Waals surface area contributed by atoms with Gasteiger partial charge in [-0.15, -0.1) is 0 Å². The van der Waals surface area contributed by atoms with Crippen LogP contribution in [0.1, 0.15) is 21.7 Å². The standard InChI is InChI=1S/C24H18N2O5S/c1-14-7-3-6-10-19(14)26-22(28)18(21(27)25-24(26)32)13-15-11-12-20(31-15)16-8-4-5-9-17(16)23(29)30-2/h3-13H,1-2H3,(H,25,27,32)/b18-13+. The number of nitrogens with one attached hydrogen (secondary N) is 1. The topological polar surface area (TPSA) is 88.9 Å². The predicted octanol–water partition coefficient (Wildman–Crippen LogP) is 3.87. The van der Waals surface area contributed by atoms with E-state index in [2.05, 4.69) is 5.32 Å². The number of methoxy groups -OCH3 is 1. The largest absolute Gasteiger partial charge is 0.465 e. The fourth-order valence-corrected chi connectivity index (χ4v) is 3.67. The molecule has 0 aliphatic carbocycles. The van der Waals surface area contributed by atoms with Crippen molar-refractivity contribution < 1.29 is 23.5 Å². The minimum absolute atomic E-state index is 0.0126. The molecule has 2 amide bonds. The Morgan fingerprint density at radius 3 is 2.53 bits per heavy atom. The van der Waals surface area contributed by atoms with Crippen LogP contribution >= 0.6 is 12.2 Å². The van der Waals surface area contributed by atoms with Gasteiger partial charge in [0.1, 0.15) is 17.1 Å². The molecule has 2 aromatic carbocycles. The third-order valence-corrected chi connectivity index (χ3v) is 5.25. The Morgan fingerprint density at radius 2 is 1.78 bits per heavy atom. The summed E-state index contributed by atoms with van der Waals surface area (Å²) in [6.07, 6.45) is 1.36. The molecule has 1 saturated heterocycles. The second kappa shape index (κ2) is 8.60. The van der Waals surface area contributed by atoms with Crippen LogP contribution in [0.3, 0.4) is 0 Å². The Morgan fingerprint density at radius 1 is 1.06 bits per heavy atom. The summed E-state index contributed by atoms with van der Waals surface area (Å²) in [5.41, 5.74) is 2.17. The van der Waals surface area contributed by atoms with Crippen LogP contribution in [0, 0.1) is 6.92 Å². The van der Waals surface area contributed by atoms with Gasteiger partial charge in [-0.05, 0) is 55.0 Å². The van der Waals surface area contributed by atoms with Gasteiger partial charge >= 0.3 is 5.97 Å². The van der Waals surface area contributed by atoms with Crippen molar-refractivity contribution >= 4 is 46.9 Å². The maximum atomic E-state index is 13.2. The van der Waals surface area contributed by atoms with E-state index in [1.54, 1.807) is 48.5 Å². The molecule has 1 fully saturated rings. The summed E-state index contributed by atoms with van der Waals surface area (Å²) in [7, 11) is 1.30. The van der Waals surface area contributed by atoms with Crippen molar-refractivity contribution in [1.29, 1.82) is 0 Å². The van der Waals surface area contributed by atoms with Crippen LogP contribution in [-0.2, 0) is 14.3 Å². The molecule has 7 nitrogen and oxygen atoms in total. The van der Waals surface area contributed by atoms with E-state index < -0.39 is 17.8 Å². The fourth-order valence-electron chi connectivity index (χ4n) is 3.39. The molecule has 3 aromatic rings. The average Bonchev–Trinajstić information content (AvgIpc) is 3.26. The van der Waals surface area contributed by atoms with Gasteiger partial charge in [0, 0.05) is 5.56 Å². The van der Waals surface area contributed by atoms with Gasteiger partial charge < -0.3 is 9.15 Å². The predicted molar refractivity (Wildman–Crippen MR) is 123 cm³/mol. The first-order valence-corrected chi connectivity index (χ1v) is 10.1. The highest BCUT2D eigenvalue weighted by Crippen LogP contribution is 2.29. The highest BCUT2D eigenvalue weighted by molar-refractivity contribution is 7.80. The first kappa shape index (κ1) is 21.2. The molecule has 0 unspecified atom stereocenters. The number of para-hydroxylation sites is 1. The van der Waals surface area contributed by atoms with Gasteiger partial charge in [0.25, 0.3) is 11.8 Å². The molecular formula is C24H18N2O5S. The first-order chi connectivity index (χ1) is 15.4. The second-order valence-electron chi connectivity index (χ2n) is 6.98. The second-order valence-corrected chi connectivity index (χ2v) is 7.37. The van der Waals surface area contributed by atoms with Crippen molar-refractivity contribution in [3.8, 4) is 11.3 Å². The van der Waals surface area contributed by atoms with Crippen LogP contribution in [0.25, 0.3) is 17.4 Å². The van der Waals surface area contributed by atoms with E-state index in [9.17, 15) is 14.4 Å². The number of anilines is 1. The number of benzene rings is 2. The van der Waals surface area contributed by atoms with Gasteiger partial charge in [-0.2, -0.15) is 0 Å². The molecule has 4 rings (SSSR count). The van der Waals surface area contributed by atoms with Gasteiger partial charge in [0.2, 0.25) is 0 Å². The lowest BCUT2D eigenvalue weighted by Gasteiger charge is -2.29. The van der Waals surface area contributed by atoms with Crippen LogP contribution in [0.4, 0.5) is 5.69 Å². The molecule has 32 heavy (non-hydrogen) atoms. The van der Waals surface area contributed by atoms with E-state index in [1.807, 2.05) is 19.1 Å². The number of carbonyl (C=O) groups excluding carboxylic acids is 3. The quantitative estimate of drug-likeness (QED) is 0.283. The molecule has 0 atom stereocenters. The molecule has 1 aromatic heterocycles. The zero-order valence-electron chi connectivity index (χ0n) is 17.2. The maximum Gasteiger partial charge on any atom is 0.338 e. The number of hydrogen-bond acceptors (Lipinski definition) is 6. The van der Waals surface area contributed by atoms with E-state index in [4.69, 9.17) is 21.4 Å². The Labute approximate surface area is 189 Å². The first-order valence-electron chi connectivity index (χ1n) is 9.65. The summed E-state index contributed by atoms with van der Waals surface area (Å²) >= 11 is 5.24. The van der Waals surface area contributed by atoms with Crippen molar-refractivity contribution in [1.82, 2.24) is 5.32 Å². The third kappa shape index (κ3) is 3.83. The zero-order chi connectivity index (χ0) is 22.8. The SMILES string of the molecule is COC(=O)c1ccccc1-c1ccc(/C=C2\C(=O)NC(=S)N(c3ccccc3C)C2=O)o1.